The zero-order chi connectivity index (χ0) is 19.1. The molecule has 1 saturated carbocycles. The lowest BCUT2D eigenvalue weighted by Gasteiger charge is -2.26. The van der Waals surface area contributed by atoms with Gasteiger partial charge in [0.05, 0.1) is 19.8 Å². The molecule has 2 aliphatic rings. The molecule has 0 spiro atoms. The molecule has 1 heterocycles. The van der Waals surface area contributed by atoms with E-state index in [1.54, 1.807) is 0 Å². The maximum absolute atomic E-state index is 12.3. The molecular formula is C21H31N3O3. The minimum absolute atomic E-state index is 0.0456. The third-order valence-electron chi connectivity index (χ3n) is 5.40. The second-order valence-corrected chi connectivity index (χ2v) is 7.64. The Kier molecular flexibility index (Phi) is 7.24. The maximum atomic E-state index is 12.3. The molecule has 1 aliphatic carbocycles. The van der Waals surface area contributed by atoms with Crippen molar-refractivity contribution in [2.24, 2.45) is 5.92 Å². The van der Waals surface area contributed by atoms with E-state index in [1.807, 2.05) is 0 Å². The Hall–Kier alpha value is -1.92. The highest BCUT2D eigenvalue weighted by atomic mass is 16.5. The SMILES string of the molecule is Cc1ccc(C(CC(=O)NCC(=O)NCCN2CCOCC2)C2CC2)cc1. The summed E-state index contributed by atoms with van der Waals surface area (Å²) in [6.45, 7) is 6.87. The zero-order valence-electron chi connectivity index (χ0n) is 16.2. The van der Waals surface area contributed by atoms with Crippen molar-refractivity contribution < 1.29 is 14.3 Å². The molecule has 6 heteroatoms. The van der Waals surface area contributed by atoms with Crippen molar-refractivity contribution in [1.29, 1.82) is 0 Å². The van der Waals surface area contributed by atoms with Crippen LogP contribution < -0.4 is 10.6 Å². The number of benzene rings is 1. The quantitative estimate of drug-likeness (QED) is 0.687. The van der Waals surface area contributed by atoms with Crippen LogP contribution in [0.1, 0.15) is 36.3 Å². The fourth-order valence-corrected chi connectivity index (χ4v) is 3.56. The lowest BCUT2D eigenvalue weighted by molar-refractivity contribution is -0.126. The van der Waals surface area contributed by atoms with Gasteiger partial charge in [0.25, 0.3) is 0 Å². The lowest BCUT2D eigenvalue weighted by Crippen LogP contribution is -2.43. The monoisotopic (exact) mass is 373 g/mol. The summed E-state index contributed by atoms with van der Waals surface area (Å²) in [5, 5.41) is 5.66. The minimum atomic E-state index is -0.130. The topological polar surface area (TPSA) is 70.7 Å². The second kappa shape index (κ2) is 9.85. The number of carbonyl (C=O) groups excluding carboxylic acids is 2. The molecule has 1 aliphatic heterocycles. The standard InChI is InChI=1S/C21H31N3O3/c1-16-2-4-17(5-3-16)19(18-6-7-18)14-20(25)23-15-21(26)22-8-9-24-10-12-27-13-11-24/h2-5,18-19H,6-15H2,1H3,(H,22,26)(H,23,25). The van der Waals surface area contributed by atoms with Gasteiger partial charge in [-0.1, -0.05) is 29.8 Å². The lowest BCUT2D eigenvalue weighted by atomic mass is 9.90. The number of hydrogen-bond acceptors (Lipinski definition) is 4. The molecule has 1 unspecified atom stereocenters. The molecule has 0 aromatic heterocycles. The first-order valence-corrected chi connectivity index (χ1v) is 10.0. The first kappa shape index (κ1) is 19.8. The fourth-order valence-electron chi connectivity index (χ4n) is 3.56. The molecule has 148 valence electrons. The van der Waals surface area contributed by atoms with E-state index in [1.165, 1.54) is 24.0 Å². The van der Waals surface area contributed by atoms with E-state index >= 15 is 0 Å². The first-order chi connectivity index (χ1) is 13.1. The van der Waals surface area contributed by atoms with Crippen LogP contribution in [0.5, 0.6) is 0 Å². The van der Waals surface area contributed by atoms with E-state index in [-0.39, 0.29) is 24.3 Å². The molecule has 2 N–H and O–H groups in total. The van der Waals surface area contributed by atoms with E-state index in [9.17, 15) is 9.59 Å². The molecule has 3 rings (SSSR count). The van der Waals surface area contributed by atoms with Crippen LogP contribution in [0.4, 0.5) is 0 Å². The number of nitrogens with zero attached hydrogens (tertiary/aromatic N) is 1. The van der Waals surface area contributed by atoms with Crippen molar-refractivity contribution >= 4 is 11.8 Å². The summed E-state index contributed by atoms with van der Waals surface area (Å²) in [5.74, 6) is 0.682. The summed E-state index contributed by atoms with van der Waals surface area (Å²) in [7, 11) is 0. The molecule has 27 heavy (non-hydrogen) atoms. The average molecular weight is 373 g/mol. The van der Waals surface area contributed by atoms with Gasteiger partial charge in [0, 0.05) is 32.6 Å². The third kappa shape index (κ3) is 6.63. The van der Waals surface area contributed by atoms with Gasteiger partial charge < -0.3 is 15.4 Å². The van der Waals surface area contributed by atoms with Gasteiger partial charge in [-0.15, -0.1) is 0 Å². The number of amides is 2. The zero-order valence-corrected chi connectivity index (χ0v) is 16.2. The van der Waals surface area contributed by atoms with Crippen molar-refractivity contribution in [3.05, 3.63) is 35.4 Å². The van der Waals surface area contributed by atoms with Crippen molar-refractivity contribution in [3.63, 3.8) is 0 Å². The first-order valence-electron chi connectivity index (χ1n) is 10.0. The van der Waals surface area contributed by atoms with Crippen LogP contribution in [0.15, 0.2) is 24.3 Å². The molecular weight excluding hydrogens is 342 g/mol. The largest absolute Gasteiger partial charge is 0.379 e. The molecule has 2 amide bonds. The predicted molar refractivity (Wildman–Crippen MR) is 105 cm³/mol. The van der Waals surface area contributed by atoms with Gasteiger partial charge >= 0.3 is 0 Å². The van der Waals surface area contributed by atoms with Crippen molar-refractivity contribution in [3.8, 4) is 0 Å². The highest BCUT2D eigenvalue weighted by Gasteiger charge is 2.33. The predicted octanol–water partition coefficient (Wildman–Crippen LogP) is 1.44. The van der Waals surface area contributed by atoms with Gasteiger partial charge in [0.2, 0.25) is 11.8 Å². The molecule has 0 bridgehead atoms. The van der Waals surface area contributed by atoms with E-state index in [2.05, 4.69) is 46.7 Å². The number of morpholine rings is 1. The summed E-state index contributed by atoms with van der Waals surface area (Å²) in [4.78, 5) is 26.6. The Bertz CT molecular complexity index is 622. The van der Waals surface area contributed by atoms with Crippen molar-refractivity contribution in [2.45, 2.75) is 32.1 Å². The second-order valence-electron chi connectivity index (χ2n) is 7.64. The molecule has 1 aromatic rings. The summed E-state index contributed by atoms with van der Waals surface area (Å²) in [6.07, 6.45) is 2.83. The van der Waals surface area contributed by atoms with Crippen LogP contribution in [0.2, 0.25) is 0 Å². The summed E-state index contributed by atoms with van der Waals surface area (Å²) < 4.78 is 5.31. The number of carbonyl (C=O) groups is 2. The summed E-state index contributed by atoms with van der Waals surface area (Å²) >= 11 is 0. The van der Waals surface area contributed by atoms with Crippen LogP contribution in [0, 0.1) is 12.8 Å². The molecule has 1 saturated heterocycles. The van der Waals surface area contributed by atoms with E-state index < -0.39 is 0 Å². The molecule has 1 atom stereocenters. The normalized spacial score (nSPS) is 18.7. The molecule has 2 fully saturated rings. The van der Waals surface area contributed by atoms with Crippen LogP contribution >= 0.6 is 0 Å². The van der Waals surface area contributed by atoms with Gasteiger partial charge in [-0.05, 0) is 37.2 Å². The van der Waals surface area contributed by atoms with Crippen LogP contribution in [0.25, 0.3) is 0 Å². The maximum Gasteiger partial charge on any atom is 0.239 e. The van der Waals surface area contributed by atoms with Crippen LogP contribution in [0.3, 0.4) is 0 Å². The van der Waals surface area contributed by atoms with E-state index in [4.69, 9.17) is 4.74 Å². The molecule has 6 nitrogen and oxygen atoms in total. The number of ether oxygens (including phenoxy) is 1. The number of nitrogens with one attached hydrogen (secondary N) is 2. The van der Waals surface area contributed by atoms with E-state index in [0.29, 0.717) is 18.9 Å². The molecule has 0 radical (unpaired) electrons. The van der Waals surface area contributed by atoms with Gasteiger partial charge in [-0.2, -0.15) is 0 Å². The number of hydrogen-bond donors (Lipinski definition) is 2. The van der Waals surface area contributed by atoms with Gasteiger partial charge in [0.1, 0.15) is 0 Å². The Morgan fingerprint density at radius 2 is 1.81 bits per heavy atom. The van der Waals surface area contributed by atoms with Crippen molar-refractivity contribution in [2.75, 3.05) is 45.9 Å². The average Bonchev–Trinajstić information content (AvgIpc) is 3.51. The Labute approximate surface area is 161 Å². The number of rotatable bonds is 9. The third-order valence-corrected chi connectivity index (χ3v) is 5.40. The summed E-state index contributed by atoms with van der Waals surface area (Å²) in [5.41, 5.74) is 2.46. The van der Waals surface area contributed by atoms with Crippen LogP contribution in [-0.4, -0.2) is 62.7 Å². The Morgan fingerprint density at radius 1 is 1.11 bits per heavy atom. The highest BCUT2D eigenvalue weighted by molar-refractivity contribution is 5.85. The Morgan fingerprint density at radius 3 is 2.48 bits per heavy atom. The highest BCUT2D eigenvalue weighted by Crippen LogP contribution is 2.44. The van der Waals surface area contributed by atoms with Crippen LogP contribution in [-0.2, 0) is 14.3 Å². The Balaban J connectivity index is 1.36. The van der Waals surface area contributed by atoms with Crippen molar-refractivity contribution in [1.82, 2.24) is 15.5 Å². The van der Waals surface area contributed by atoms with Gasteiger partial charge in [-0.25, -0.2) is 0 Å². The molecule has 1 aromatic carbocycles. The van der Waals surface area contributed by atoms with E-state index in [0.717, 1.165) is 32.8 Å². The van der Waals surface area contributed by atoms with Gasteiger partial charge in [-0.3, -0.25) is 14.5 Å². The van der Waals surface area contributed by atoms with Gasteiger partial charge in [0.15, 0.2) is 0 Å². The summed E-state index contributed by atoms with van der Waals surface area (Å²) in [6, 6.07) is 8.46. The number of aryl methyl sites for hydroxylation is 1. The fraction of sp³-hybridized carbons (Fsp3) is 0.619. The smallest absolute Gasteiger partial charge is 0.239 e. The minimum Gasteiger partial charge on any atom is -0.379 e.